The number of hydrogen-bond acceptors (Lipinski definition) is 1. The van der Waals surface area contributed by atoms with Crippen LogP contribution in [0.5, 0.6) is 0 Å². The maximum atomic E-state index is 7.33. The van der Waals surface area contributed by atoms with E-state index in [0.29, 0.717) is 10.8 Å². The first-order chi connectivity index (χ1) is 14.4. The Labute approximate surface area is 202 Å². The van der Waals surface area contributed by atoms with Gasteiger partial charge in [0.2, 0.25) is 0 Å². The van der Waals surface area contributed by atoms with Crippen LogP contribution < -0.4 is 0 Å². The van der Waals surface area contributed by atoms with Crippen LogP contribution >= 0.6 is 0 Å². The summed E-state index contributed by atoms with van der Waals surface area (Å²) in [6, 6.07) is 0. The van der Waals surface area contributed by atoms with Gasteiger partial charge < -0.3 is 5.11 Å². The maximum absolute atomic E-state index is 7.33. The molecule has 1 fully saturated rings. The van der Waals surface area contributed by atoms with Crippen LogP contribution in [-0.4, -0.2) is 5.11 Å². The lowest BCUT2D eigenvalue weighted by molar-refractivity contribution is 0.113. The van der Waals surface area contributed by atoms with Gasteiger partial charge in [0.1, 0.15) is 0 Å². The van der Waals surface area contributed by atoms with Crippen molar-refractivity contribution in [3.63, 3.8) is 0 Å². The average molecular weight is 447 g/mol. The standard InChI is InChI=1S/C14H28.C6H14.C2H4O.4C2H6/c1-11(2)10-14(4,5)13-8-6-12(3)7-9-13;1-5-6(2,3)4;1-2-3;4*1-2/h11-13H,6-10H2,1-5H3;5H2,1-4H3;2-3H,1H2;4*1-2H3. The summed E-state index contributed by atoms with van der Waals surface area (Å²) in [4.78, 5) is 0. The van der Waals surface area contributed by atoms with E-state index >= 15 is 0 Å². The van der Waals surface area contributed by atoms with E-state index in [2.05, 4.69) is 68.9 Å². The van der Waals surface area contributed by atoms with Crippen molar-refractivity contribution in [2.24, 2.45) is 28.6 Å². The summed E-state index contributed by atoms with van der Waals surface area (Å²) in [5, 5.41) is 7.33. The molecule has 0 spiro atoms. The first kappa shape index (κ1) is 44.3. The minimum Gasteiger partial charge on any atom is -0.516 e. The second kappa shape index (κ2) is 31.7. The van der Waals surface area contributed by atoms with Gasteiger partial charge in [0.25, 0.3) is 0 Å². The highest BCUT2D eigenvalue weighted by Gasteiger charge is 2.32. The Morgan fingerprint density at radius 1 is 0.806 bits per heavy atom. The number of aliphatic hydroxyl groups excluding tert-OH is 1. The molecule has 0 radical (unpaired) electrons. The van der Waals surface area contributed by atoms with Crippen LogP contribution in [-0.2, 0) is 0 Å². The summed E-state index contributed by atoms with van der Waals surface area (Å²) < 4.78 is 0. The Hall–Kier alpha value is -0.460. The third-order valence-corrected chi connectivity index (χ3v) is 5.12. The maximum Gasteiger partial charge on any atom is 0.0719 e. The van der Waals surface area contributed by atoms with Gasteiger partial charge in [0.15, 0.2) is 0 Å². The molecule has 0 aliphatic heterocycles. The molecule has 0 bridgehead atoms. The van der Waals surface area contributed by atoms with Gasteiger partial charge in [-0.25, -0.2) is 0 Å². The normalized spacial score (nSPS) is 16.8. The number of hydrogen-bond donors (Lipinski definition) is 1. The van der Waals surface area contributed by atoms with E-state index in [1.807, 2.05) is 55.4 Å². The molecule has 0 aromatic rings. The quantitative estimate of drug-likeness (QED) is 0.427. The molecule has 1 N–H and O–H groups in total. The molecule has 0 amide bonds. The van der Waals surface area contributed by atoms with Crippen molar-refractivity contribution >= 4 is 0 Å². The minimum absolute atomic E-state index is 0.542. The van der Waals surface area contributed by atoms with Crippen LogP contribution in [0, 0.1) is 28.6 Å². The zero-order valence-electron chi connectivity index (χ0n) is 25.7. The largest absolute Gasteiger partial charge is 0.516 e. The summed E-state index contributed by atoms with van der Waals surface area (Å²) >= 11 is 0. The highest BCUT2D eigenvalue weighted by molar-refractivity contribution is 4.83. The Kier molecular flexibility index (Phi) is 45.3. The third kappa shape index (κ3) is 40.4. The Bertz CT molecular complexity index is 275. The summed E-state index contributed by atoms with van der Waals surface area (Å²) in [5.74, 6) is 2.83. The first-order valence-electron chi connectivity index (χ1n) is 13.6. The zero-order chi connectivity index (χ0) is 26.7. The number of aliphatic hydroxyl groups is 1. The summed E-state index contributed by atoms with van der Waals surface area (Å²) in [5.41, 5.74) is 1.12. The zero-order valence-corrected chi connectivity index (χ0v) is 25.7. The molecule has 0 saturated heterocycles. The van der Waals surface area contributed by atoms with E-state index in [4.69, 9.17) is 5.11 Å². The molecule has 0 heterocycles. The molecule has 196 valence electrons. The summed E-state index contributed by atoms with van der Waals surface area (Å²) in [6.45, 7) is 39.9. The molecular formula is C30H70O. The van der Waals surface area contributed by atoms with Gasteiger partial charge in [0, 0.05) is 0 Å². The molecule has 0 aromatic heterocycles. The molecule has 0 aromatic carbocycles. The van der Waals surface area contributed by atoms with Crippen molar-refractivity contribution in [3.05, 3.63) is 12.8 Å². The van der Waals surface area contributed by atoms with Crippen LogP contribution in [0.4, 0.5) is 0 Å². The molecular weight excluding hydrogens is 376 g/mol. The Morgan fingerprint density at radius 2 is 1.06 bits per heavy atom. The van der Waals surface area contributed by atoms with Gasteiger partial charge in [-0.15, -0.1) is 0 Å². The van der Waals surface area contributed by atoms with Crippen LogP contribution in [0.1, 0.15) is 156 Å². The van der Waals surface area contributed by atoms with Gasteiger partial charge in [-0.3, -0.25) is 0 Å². The fraction of sp³-hybridized carbons (Fsp3) is 0.933. The lowest BCUT2D eigenvalue weighted by atomic mass is 9.66. The average Bonchev–Trinajstić information content (AvgIpc) is 2.74. The van der Waals surface area contributed by atoms with Gasteiger partial charge in [-0.2, -0.15) is 0 Å². The molecule has 1 saturated carbocycles. The molecule has 0 unspecified atom stereocenters. The monoisotopic (exact) mass is 447 g/mol. The van der Waals surface area contributed by atoms with E-state index in [9.17, 15) is 0 Å². The second-order valence-electron chi connectivity index (χ2n) is 9.64. The summed E-state index contributed by atoms with van der Waals surface area (Å²) in [6.07, 6.45) is 9.29. The molecule has 1 heteroatoms. The van der Waals surface area contributed by atoms with E-state index in [1.54, 1.807) is 0 Å². The second-order valence-corrected chi connectivity index (χ2v) is 9.64. The highest BCUT2D eigenvalue weighted by atomic mass is 16.2. The minimum atomic E-state index is 0.542. The topological polar surface area (TPSA) is 20.2 Å². The van der Waals surface area contributed by atoms with Crippen LogP contribution in [0.3, 0.4) is 0 Å². The van der Waals surface area contributed by atoms with Gasteiger partial charge >= 0.3 is 0 Å². The molecule has 1 aliphatic rings. The lowest BCUT2D eigenvalue weighted by Crippen LogP contribution is -2.29. The molecule has 1 nitrogen and oxygen atoms in total. The summed E-state index contributed by atoms with van der Waals surface area (Å²) in [7, 11) is 0. The lowest BCUT2D eigenvalue weighted by Gasteiger charge is -2.39. The Balaban J connectivity index is -0.0000000771. The van der Waals surface area contributed by atoms with Crippen LogP contribution in [0.2, 0.25) is 0 Å². The van der Waals surface area contributed by atoms with E-state index < -0.39 is 0 Å². The van der Waals surface area contributed by atoms with E-state index in [-0.39, 0.29) is 0 Å². The molecule has 31 heavy (non-hydrogen) atoms. The van der Waals surface area contributed by atoms with Gasteiger partial charge in [-0.05, 0) is 47.8 Å². The highest BCUT2D eigenvalue weighted by Crippen LogP contribution is 2.43. The first-order valence-corrected chi connectivity index (χ1v) is 13.6. The van der Waals surface area contributed by atoms with Crippen molar-refractivity contribution in [3.8, 4) is 0 Å². The van der Waals surface area contributed by atoms with Crippen molar-refractivity contribution in [2.75, 3.05) is 0 Å². The van der Waals surface area contributed by atoms with Crippen molar-refractivity contribution in [1.29, 1.82) is 0 Å². The smallest absolute Gasteiger partial charge is 0.0719 e. The van der Waals surface area contributed by atoms with E-state index in [0.717, 1.165) is 24.0 Å². The van der Waals surface area contributed by atoms with E-state index in [1.165, 1.54) is 38.5 Å². The SMILES string of the molecule is C=CO.CC.CC.CC.CC.CC(C)CC(C)(C)C1CCC(C)CC1.CCC(C)(C)C. The van der Waals surface area contributed by atoms with Crippen molar-refractivity contribution < 1.29 is 5.11 Å². The third-order valence-electron chi connectivity index (χ3n) is 5.12. The van der Waals surface area contributed by atoms with Crippen LogP contribution in [0.15, 0.2) is 12.8 Å². The van der Waals surface area contributed by atoms with Crippen molar-refractivity contribution in [2.45, 2.75) is 156 Å². The predicted octanol–water partition coefficient (Wildman–Crippen LogP) is 12.1. The molecule has 1 rings (SSSR count). The van der Waals surface area contributed by atoms with Gasteiger partial charge in [0.05, 0.1) is 6.26 Å². The van der Waals surface area contributed by atoms with Crippen molar-refractivity contribution in [1.82, 2.24) is 0 Å². The van der Waals surface area contributed by atoms with Gasteiger partial charge in [-0.1, -0.05) is 144 Å². The Morgan fingerprint density at radius 3 is 1.26 bits per heavy atom. The predicted molar refractivity (Wildman–Crippen MR) is 152 cm³/mol. The fourth-order valence-electron chi connectivity index (χ4n) is 3.26. The molecule has 1 aliphatic carbocycles. The number of rotatable bonds is 3. The molecule has 0 atom stereocenters. The fourth-order valence-corrected chi connectivity index (χ4v) is 3.26. The van der Waals surface area contributed by atoms with Crippen LogP contribution in [0.25, 0.3) is 0 Å².